The molecule has 2 aliphatic carbocycles. The molecule has 1 aliphatic heterocycles. The van der Waals surface area contributed by atoms with Crippen molar-refractivity contribution in [2.45, 2.75) is 38.1 Å². The van der Waals surface area contributed by atoms with E-state index < -0.39 is 0 Å². The second-order valence-electron chi connectivity index (χ2n) is 8.81. The number of H-pyrrole nitrogens is 1. The second kappa shape index (κ2) is 6.87. The summed E-state index contributed by atoms with van der Waals surface area (Å²) in [5, 5.41) is 11.1. The van der Waals surface area contributed by atoms with E-state index in [1.807, 2.05) is 0 Å². The first kappa shape index (κ1) is 17.0. The fourth-order valence-corrected chi connectivity index (χ4v) is 4.42. The lowest BCUT2D eigenvalue weighted by Gasteiger charge is -2.19. The van der Waals surface area contributed by atoms with Crippen LogP contribution in [0.4, 0.5) is 11.8 Å². The van der Waals surface area contributed by atoms with Crippen LogP contribution < -0.4 is 10.2 Å². The van der Waals surface area contributed by atoms with Crippen LogP contribution in [0.2, 0.25) is 0 Å². The summed E-state index contributed by atoms with van der Waals surface area (Å²) < 4.78 is 0. The van der Waals surface area contributed by atoms with Gasteiger partial charge >= 0.3 is 0 Å². The topological polar surface area (TPSA) is 69.7 Å². The van der Waals surface area contributed by atoms with Gasteiger partial charge in [0.15, 0.2) is 0 Å². The van der Waals surface area contributed by atoms with Crippen molar-refractivity contribution in [2.24, 2.45) is 11.8 Å². The number of nitrogens with zero attached hydrogens (tertiary/aromatic N) is 4. The number of piperidine rings is 1. The maximum Gasteiger partial charge on any atom is 0.227 e. The zero-order valence-corrected chi connectivity index (χ0v) is 16.5. The van der Waals surface area contributed by atoms with Crippen molar-refractivity contribution in [1.82, 2.24) is 20.2 Å². The average molecular weight is 387 g/mol. The molecule has 0 unspecified atom stereocenters. The molecule has 0 bridgehead atoms. The second-order valence-corrected chi connectivity index (χ2v) is 8.81. The lowest BCUT2D eigenvalue weighted by atomic mass is 10.1. The molecule has 2 saturated carbocycles. The molecule has 2 aromatic heterocycles. The molecule has 1 saturated heterocycles. The summed E-state index contributed by atoms with van der Waals surface area (Å²) in [5.41, 5.74) is 4.65. The molecule has 2 atom stereocenters. The molecule has 0 spiro atoms. The highest BCUT2D eigenvalue weighted by Gasteiger charge is 2.45. The number of benzene rings is 1. The van der Waals surface area contributed by atoms with Gasteiger partial charge in [-0.05, 0) is 42.7 Å². The zero-order chi connectivity index (χ0) is 19.2. The van der Waals surface area contributed by atoms with Crippen LogP contribution in [0.15, 0.2) is 42.5 Å². The summed E-state index contributed by atoms with van der Waals surface area (Å²) in [5.74, 6) is 4.16. The first-order chi connectivity index (χ1) is 14.3. The maximum absolute atomic E-state index is 4.91. The fraction of sp³-hybridized carbons (Fsp3) is 0.435. The molecule has 148 valence electrons. The van der Waals surface area contributed by atoms with E-state index in [9.17, 15) is 0 Å². The Kier molecular flexibility index (Phi) is 4.03. The molecule has 1 aromatic carbocycles. The van der Waals surface area contributed by atoms with Crippen LogP contribution in [-0.2, 0) is 13.0 Å². The Morgan fingerprint density at radius 3 is 2.66 bits per heavy atom. The zero-order valence-electron chi connectivity index (χ0n) is 16.5. The molecule has 3 heterocycles. The molecule has 0 radical (unpaired) electrons. The minimum atomic E-state index is 0.671. The number of hydrogen-bond donors (Lipinski definition) is 2. The van der Waals surface area contributed by atoms with Gasteiger partial charge in [0.05, 0.1) is 23.6 Å². The van der Waals surface area contributed by atoms with Crippen LogP contribution in [-0.4, -0.2) is 33.3 Å². The van der Waals surface area contributed by atoms with Gasteiger partial charge in [-0.25, -0.2) is 4.98 Å². The third-order valence-corrected chi connectivity index (χ3v) is 6.36. The van der Waals surface area contributed by atoms with Gasteiger partial charge in [0.1, 0.15) is 5.82 Å². The van der Waals surface area contributed by atoms with E-state index in [4.69, 9.17) is 9.97 Å². The Morgan fingerprint density at radius 1 is 1.03 bits per heavy atom. The summed E-state index contributed by atoms with van der Waals surface area (Å²) in [4.78, 5) is 12.1. The van der Waals surface area contributed by atoms with Gasteiger partial charge in [0.2, 0.25) is 5.95 Å². The van der Waals surface area contributed by atoms with E-state index in [0.717, 1.165) is 54.5 Å². The van der Waals surface area contributed by atoms with Crippen LogP contribution in [0.5, 0.6) is 0 Å². The van der Waals surface area contributed by atoms with Gasteiger partial charge in [-0.2, -0.15) is 10.1 Å². The third-order valence-electron chi connectivity index (χ3n) is 6.36. The highest BCUT2D eigenvalue weighted by molar-refractivity contribution is 5.46. The summed E-state index contributed by atoms with van der Waals surface area (Å²) in [6.45, 7) is 2.90. The van der Waals surface area contributed by atoms with Crippen LogP contribution in [0.25, 0.3) is 0 Å². The fourth-order valence-electron chi connectivity index (χ4n) is 4.42. The minimum absolute atomic E-state index is 0.671. The first-order valence-corrected chi connectivity index (χ1v) is 10.7. The lowest BCUT2D eigenvalue weighted by molar-refractivity contribution is 0.781. The molecular weight excluding hydrogens is 360 g/mol. The lowest BCUT2D eigenvalue weighted by Crippen LogP contribution is -2.25. The maximum atomic E-state index is 4.91. The number of fused-ring (bicyclic) bond motifs is 1. The van der Waals surface area contributed by atoms with Crippen molar-refractivity contribution < 1.29 is 0 Å². The predicted octanol–water partition coefficient (Wildman–Crippen LogP) is 3.74. The predicted molar refractivity (Wildman–Crippen MR) is 113 cm³/mol. The Labute approximate surface area is 170 Å². The molecule has 2 N–H and O–H groups in total. The van der Waals surface area contributed by atoms with Crippen LogP contribution >= 0.6 is 0 Å². The van der Waals surface area contributed by atoms with Crippen molar-refractivity contribution in [1.29, 1.82) is 0 Å². The molecular formula is C23H26N6. The van der Waals surface area contributed by atoms with E-state index >= 15 is 0 Å². The van der Waals surface area contributed by atoms with E-state index in [2.05, 4.69) is 62.9 Å². The van der Waals surface area contributed by atoms with Crippen molar-refractivity contribution >= 4 is 11.8 Å². The molecule has 3 fully saturated rings. The Balaban J connectivity index is 1.22. The van der Waals surface area contributed by atoms with Gasteiger partial charge in [0.25, 0.3) is 0 Å². The number of rotatable bonds is 7. The van der Waals surface area contributed by atoms with E-state index in [1.165, 1.54) is 30.5 Å². The SMILES string of the molecule is c1ccc(Cc2cc(NCc3cc(C4CC4)n[nH]3)nc(N3C[C@H]4C[C@H]4C3)n2)cc1. The van der Waals surface area contributed by atoms with Crippen molar-refractivity contribution in [3.8, 4) is 0 Å². The number of anilines is 2. The Bertz CT molecular complexity index is 999. The van der Waals surface area contributed by atoms with Crippen LogP contribution in [0.1, 0.15) is 47.8 Å². The molecule has 6 rings (SSSR count). The van der Waals surface area contributed by atoms with Crippen molar-refractivity contribution in [3.05, 3.63) is 65.1 Å². The third kappa shape index (κ3) is 3.71. The molecule has 6 heteroatoms. The molecule has 3 aromatic rings. The highest BCUT2D eigenvalue weighted by Crippen LogP contribution is 2.45. The summed E-state index contributed by atoms with van der Waals surface area (Å²) in [6, 6.07) is 14.8. The number of nitrogens with one attached hydrogen (secondary N) is 2. The largest absolute Gasteiger partial charge is 0.364 e. The van der Waals surface area contributed by atoms with Gasteiger partial charge in [-0.3, -0.25) is 5.10 Å². The summed E-state index contributed by atoms with van der Waals surface area (Å²) >= 11 is 0. The smallest absolute Gasteiger partial charge is 0.227 e. The summed E-state index contributed by atoms with van der Waals surface area (Å²) in [6.07, 6.45) is 4.75. The van der Waals surface area contributed by atoms with E-state index in [-0.39, 0.29) is 0 Å². The van der Waals surface area contributed by atoms with Gasteiger partial charge in [-0.15, -0.1) is 0 Å². The van der Waals surface area contributed by atoms with E-state index in [0.29, 0.717) is 12.5 Å². The molecule has 6 nitrogen and oxygen atoms in total. The van der Waals surface area contributed by atoms with Gasteiger partial charge in [0, 0.05) is 31.5 Å². The average Bonchev–Trinajstić information content (AvgIpc) is 3.65. The number of aromatic nitrogens is 4. The van der Waals surface area contributed by atoms with Crippen LogP contribution in [0, 0.1) is 11.8 Å². The first-order valence-electron chi connectivity index (χ1n) is 10.7. The number of aromatic amines is 1. The normalized spacial score (nSPS) is 22.6. The number of hydrogen-bond acceptors (Lipinski definition) is 5. The minimum Gasteiger partial charge on any atom is -0.364 e. The molecule has 3 aliphatic rings. The Hall–Kier alpha value is -2.89. The highest BCUT2D eigenvalue weighted by atomic mass is 15.3. The van der Waals surface area contributed by atoms with Crippen molar-refractivity contribution in [2.75, 3.05) is 23.3 Å². The Morgan fingerprint density at radius 2 is 1.86 bits per heavy atom. The van der Waals surface area contributed by atoms with Gasteiger partial charge in [-0.1, -0.05) is 30.3 Å². The quantitative estimate of drug-likeness (QED) is 0.647. The van der Waals surface area contributed by atoms with Crippen LogP contribution in [0.3, 0.4) is 0 Å². The van der Waals surface area contributed by atoms with E-state index in [1.54, 1.807) is 0 Å². The summed E-state index contributed by atoms with van der Waals surface area (Å²) in [7, 11) is 0. The monoisotopic (exact) mass is 386 g/mol. The standard InChI is InChI=1S/C23H26N6/c1-2-4-15(5-3-1)8-19-11-22(24-12-20-10-21(28-27-20)16-6-7-16)26-23(25-19)29-13-17-9-18(17)14-29/h1-5,10-11,16-18H,6-9,12-14H2,(H,27,28)(H,24,25,26)/t17-,18+. The van der Waals surface area contributed by atoms with Gasteiger partial charge < -0.3 is 10.2 Å². The molecule has 29 heavy (non-hydrogen) atoms. The van der Waals surface area contributed by atoms with Crippen molar-refractivity contribution in [3.63, 3.8) is 0 Å². The molecule has 0 amide bonds.